The molecule has 178 valence electrons. The monoisotopic (exact) mass is 455 g/mol. The van der Waals surface area contributed by atoms with Gasteiger partial charge in [-0.25, -0.2) is 0 Å². The molecule has 1 aromatic heterocycles. The van der Waals surface area contributed by atoms with Gasteiger partial charge in [0.05, 0.1) is 12.5 Å². The van der Waals surface area contributed by atoms with Crippen molar-refractivity contribution in [1.82, 2.24) is 14.8 Å². The number of carbonyl (C=O) groups is 2. The van der Waals surface area contributed by atoms with Crippen LogP contribution in [0.3, 0.4) is 0 Å². The molecule has 0 bridgehead atoms. The molecule has 0 aromatic carbocycles. The SMILES string of the molecule is CC(=O)N1CCC2(CC1)CCN(C(=O)c1ccccn1)C2.OCC(C1CCC1)C(F)(F)F. The first-order valence-corrected chi connectivity index (χ1v) is 11.3. The van der Waals surface area contributed by atoms with E-state index >= 15 is 0 Å². The van der Waals surface area contributed by atoms with Gasteiger partial charge in [-0.05, 0) is 55.6 Å². The molecule has 1 unspecified atom stereocenters. The van der Waals surface area contributed by atoms with E-state index in [1.54, 1.807) is 19.2 Å². The van der Waals surface area contributed by atoms with Crippen LogP contribution in [0.2, 0.25) is 0 Å². The lowest BCUT2D eigenvalue weighted by molar-refractivity contribution is -0.205. The van der Waals surface area contributed by atoms with Gasteiger partial charge in [0.1, 0.15) is 5.69 Å². The number of aliphatic hydroxyl groups excluding tert-OH is 1. The van der Waals surface area contributed by atoms with E-state index in [4.69, 9.17) is 5.11 Å². The van der Waals surface area contributed by atoms with Gasteiger partial charge >= 0.3 is 6.18 Å². The van der Waals surface area contributed by atoms with Crippen LogP contribution in [0.5, 0.6) is 0 Å². The van der Waals surface area contributed by atoms with Gasteiger partial charge in [-0.15, -0.1) is 0 Å². The average Bonchev–Trinajstić information content (AvgIpc) is 3.14. The second kappa shape index (κ2) is 10.2. The lowest BCUT2D eigenvalue weighted by Gasteiger charge is -2.38. The zero-order valence-corrected chi connectivity index (χ0v) is 18.5. The number of rotatable bonds is 3. The molecule has 3 heterocycles. The van der Waals surface area contributed by atoms with E-state index in [9.17, 15) is 22.8 Å². The topological polar surface area (TPSA) is 73.7 Å². The Labute approximate surface area is 186 Å². The van der Waals surface area contributed by atoms with E-state index in [-0.39, 0.29) is 23.1 Å². The first-order chi connectivity index (χ1) is 15.1. The largest absolute Gasteiger partial charge is 0.396 e. The minimum absolute atomic E-state index is 0.0291. The van der Waals surface area contributed by atoms with E-state index in [0.29, 0.717) is 18.5 Å². The van der Waals surface area contributed by atoms with Crippen LogP contribution >= 0.6 is 0 Å². The fourth-order valence-electron chi connectivity index (χ4n) is 4.83. The Hall–Kier alpha value is -2.16. The third-order valence-electron chi connectivity index (χ3n) is 7.21. The lowest BCUT2D eigenvalue weighted by Crippen LogP contribution is -2.44. The van der Waals surface area contributed by atoms with Crippen LogP contribution in [0, 0.1) is 17.3 Å². The zero-order chi connectivity index (χ0) is 23.4. The third kappa shape index (κ3) is 5.79. The number of aromatic nitrogens is 1. The van der Waals surface area contributed by atoms with Crippen LogP contribution in [0.15, 0.2) is 24.4 Å². The number of piperidine rings is 1. The van der Waals surface area contributed by atoms with Crippen molar-refractivity contribution in [3.63, 3.8) is 0 Å². The summed E-state index contributed by atoms with van der Waals surface area (Å²) in [4.78, 5) is 31.8. The highest BCUT2D eigenvalue weighted by Crippen LogP contribution is 2.42. The molecule has 3 aliphatic rings. The molecule has 3 fully saturated rings. The number of pyridine rings is 1. The summed E-state index contributed by atoms with van der Waals surface area (Å²) in [6, 6.07) is 5.43. The number of hydrogen-bond donors (Lipinski definition) is 1. The molecule has 1 saturated carbocycles. The Morgan fingerprint density at radius 1 is 1.16 bits per heavy atom. The van der Waals surface area contributed by atoms with E-state index in [1.807, 2.05) is 21.9 Å². The minimum atomic E-state index is -4.21. The second-order valence-corrected chi connectivity index (χ2v) is 9.22. The number of nitrogens with zero attached hydrogens (tertiary/aromatic N) is 3. The highest BCUT2D eigenvalue weighted by atomic mass is 19.4. The van der Waals surface area contributed by atoms with Crippen LogP contribution < -0.4 is 0 Å². The number of carbonyl (C=O) groups excluding carboxylic acids is 2. The Morgan fingerprint density at radius 3 is 2.19 bits per heavy atom. The van der Waals surface area contributed by atoms with E-state index in [1.165, 1.54) is 0 Å². The van der Waals surface area contributed by atoms with Crippen molar-refractivity contribution >= 4 is 11.8 Å². The van der Waals surface area contributed by atoms with Crippen molar-refractivity contribution in [3.05, 3.63) is 30.1 Å². The van der Waals surface area contributed by atoms with Gasteiger partial charge in [0.2, 0.25) is 5.91 Å². The molecule has 1 N–H and O–H groups in total. The molecular formula is C23H32F3N3O3. The summed E-state index contributed by atoms with van der Waals surface area (Å²) in [7, 11) is 0. The summed E-state index contributed by atoms with van der Waals surface area (Å²) in [5.74, 6) is -1.61. The van der Waals surface area contributed by atoms with Gasteiger partial charge < -0.3 is 14.9 Å². The summed E-state index contributed by atoms with van der Waals surface area (Å²) in [6.45, 7) is 4.11. The molecule has 1 aliphatic carbocycles. The normalized spacial score (nSPS) is 21.5. The van der Waals surface area contributed by atoms with E-state index in [2.05, 4.69) is 4.98 Å². The first kappa shape index (κ1) is 24.5. The summed E-state index contributed by atoms with van der Waals surface area (Å²) < 4.78 is 36.1. The van der Waals surface area contributed by atoms with Crippen LogP contribution in [-0.2, 0) is 4.79 Å². The zero-order valence-electron chi connectivity index (χ0n) is 18.5. The first-order valence-electron chi connectivity index (χ1n) is 11.3. The standard InChI is InChI=1S/C16H21N3O2.C7H11F3O/c1-13(20)18-9-5-16(6-10-18)7-11-19(12-16)15(21)14-4-2-3-8-17-14;8-7(9,10)6(4-11)5-2-1-3-5/h2-4,8H,5-7,9-12H2,1H3;5-6,11H,1-4H2. The number of alkyl halides is 3. The van der Waals surface area contributed by atoms with Gasteiger partial charge in [-0.3, -0.25) is 14.6 Å². The van der Waals surface area contributed by atoms with E-state index in [0.717, 1.165) is 51.9 Å². The van der Waals surface area contributed by atoms with Crippen molar-refractivity contribution in [2.75, 3.05) is 32.8 Å². The average molecular weight is 456 g/mol. The summed E-state index contributed by atoms with van der Waals surface area (Å²) in [6.07, 6.45) is 2.59. The Morgan fingerprint density at radius 2 is 1.78 bits per heavy atom. The fraction of sp³-hybridized carbons (Fsp3) is 0.696. The van der Waals surface area contributed by atoms with Gasteiger partial charge in [0.15, 0.2) is 0 Å². The smallest absolute Gasteiger partial charge is 0.394 e. The van der Waals surface area contributed by atoms with Crippen molar-refractivity contribution in [2.45, 2.75) is 51.6 Å². The predicted molar refractivity (Wildman–Crippen MR) is 113 cm³/mol. The molecule has 4 rings (SSSR count). The lowest BCUT2D eigenvalue weighted by atomic mass is 9.76. The molecule has 1 aromatic rings. The van der Waals surface area contributed by atoms with Gasteiger partial charge in [-0.2, -0.15) is 13.2 Å². The molecule has 9 heteroatoms. The quantitative estimate of drug-likeness (QED) is 0.757. The van der Waals surface area contributed by atoms with Crippen LogP contribution in [0.1, 0.15) is 55.9 Å². The third-order valence-corrected chi connectivity index (χ3v) is 7.21. The number of aliphatic hydroxyl groups is 1. The summed E-state index contributed by atoms with van der Waals surface area (Å²) in [5.41, 5.74) is 0.729. The van der Waals surface area contributed by atoms with Crippen molar-refractivity contribution in [1.29, 1.82) is 0 Å². The van der Waals surface area contributed by atoms with Crippen molar-refractivity contribution in [2.24, 2.45) is 17.3 Å². The number of hydrogen-bond acceptors (Lipinski definition) is 4. The number of halogens is 3. The van der Waals surface area contributed by atoms with Gasteiger partial charge in [0, 0.05) is 39.3 Å². The molecule has 6 nitrogen and oxygen atoms in total. The predicted octanol–water partition coefficient (Wildman–Crippen LogP) is 3.51. The maximum Gasteiger partial charge on any atom is 0.394 e. The van der Waals surface area contributed by atoms with Gasteiger partial charge in [-0.1, -0.05) is 12.5 Å². The molecule has 2 aliphatic heterocycles. The minimum Gasteiger partial charge on any atom is -0.396 e. The summed E-state index contributed by atoms with van der Waals surface area (Å²) >= 11 is 0. The second-order valence-electron chi connectivity index (χ2n) is 9.22. The molecule has 1 atom stereocenters. The Balaban J connectivity index is 0.000000222. The van der Waals surface area contributed by atoms with Crippen LogP contribution in [-0.4, -0.2) is 70.7 Å². The molecule has 2 amide bonds. The van der Waals surface area contributed by atoms with Crippen molar-refractivity contribution < 1.29 is 27.9 Å². The highest BCUT2D eigenvalue weighted by Gasteiger charge is 2.46. The molecule has 0 radical (unpaired) electrons. The summed E-state index contributed by atoms with van der Waals surface area (Å²) in [5, 5.41) is 8.48. The van der Waals surface area contributed by atoms with Crippen LogP contribution in [0.4, 0.5) is 13.2 Å². The van der Waals surface area contributed by atoms with Crippen LogP contribution in [0.25, 0.3) is 0 Å². The number of amides is 2. The Bertz CT molecular complexity index is 776. The highest BCUT2D eigenvalue weighted by molar-refractivity contribution is 5.92. The van der Waals surface area contributed by atoms with Crippen molar-refractivity contribution in [3.8, 4) is 0 Å². The molecule has 32 heavy (non-hydrogen) atoms. The molecular weight excluding hydrogens is 423 g/mol. The Kier molecular flexibility index (Phi) is 7.79. The molecule has 1 spiro atoms. The van der Waals surface area contributed by atoms with E-state index < -0.39 is 18.7 Å². The van der Waals surface area contributed by atoms with Gasteiger partial charge in [0.25, 0.3) is 5.91 Å². The number of likely N-dealkylation sites (tertiary alicyclic amines) is 2. The fourth-order valence-corrected chi connectivity index (χ4v) is 4.83. The maximum atomic E-state index is 12.4. The maximum absolute atomic E-state index is 12.4. The molecule has 2 saturated heterocycles.